The average Bonchev–Trinajstić information content (AvgIpc) is 2.29. The zero-order chi connectivity index (χ0) is 15.1. The molecule has 0 aliphatic carbocycles. The van der Waals surface area contributed by atoms with Gasteiger partial charge in [0.15, 0.2) is 0 Å². The van der Waals surface area contributed by atoms with Crippen LogP contribution in [0.4, 0.5) is 13.2 Å². The number of nitrogens with one attached hydrogen (secondary N) is 1. The molecule has 19 heavy (non-hydrogen) atoms. The molecule has 1 atom stereocenters. The van der Waals surface area contributed by atoms with Gasteiger partial charge in [0.2, 0.25) is 0 Å². The SMILES string of the molecule is C=CCNC(=O)C(F)(F)F.CC1CCCC[Si]1(C)C. The average molecular weight is 295 g/mol. The van der Waals surface area contributed by atoms with Crippen molar-refractivity contribution >= 4 is 14.0 Å². The lowest BCUT2D eigenvalue weighted by Crippen LogP contribution is -2.36. The minimum atomic E-state index is -4.79. The topological polar surface area (TPSA) is 29.1 Å². The highest BCUT2D eigenvalue weighted by atomic mass is 28.3. The van der Waals surface area contributed by atoms with Gasteiger partial charge in [-0.2, -0.15) is 13.2 Å². The van der Waals surface area contributed by atoms with Gasteiger partial charge in [-0.25, -0.2) is 0 Å². The molecule has 0 spiro atoms. The highest BCUT2D eigenvalue weighted by Crippen LogP contribution is 2.36. The first kappa shape index (κ1) is 18.2. The summed E-state index contributed by atoms with van der Waals surface area (Å²) in [5, 5.41) is 1.59. The lowest BCUT2D eigenvalue weighted by molar-refractivity contribution is -0.173. The molecule has 0 aromatic rings. The van der Waals surface area contributed by atoms with Crippen LogP contribution in [0.5, 0.6) is 0 Å². The van der Waals surface area contributed by atoms with Crippen molar-refractivity contribution in [3.63, 3.8) is 0 Å². The minimum absolute atomic E-state index is 0.168. The normalized spacial score (nSPS) is 21.9. The zero-order valence-corrected chi connectivity index (χ0v) is 12.9. The predicted molar refractivity (Wildman–Crippen MR) is 74.8 cm³/mol. The molecular weight excluding hydrogens is 271 g/mol. The van der Waals surface area contributed by atoms with E-state index >= 15 is 0 Å². The molecule has 0 aromatic heterocycles. The van der Waals surface area contributed by atoms with Crippen LogP contribution in [0.3, 0.4) is 0 Å². The highest BCUT2D eigenvalue weighted by molar-refractivity contribution is 6.78. The summed E-state index contributed by atoms with van der Waals surface area (Å²) in [6.07, 6.45) is 0.910. The van der Waals surface area contributed by atoms with Gasteiger partial charge in [0.1, 0.15) is 0 Å². The maximum atomic E-state index is 11.3. The van der Waals surface area contributed by atoms with E-state index in [4.69, 9.17) is 0 Å². The summed E-state index contributed by atoms with van der Waals surface area (Å²) in [5.41, 5.74) is 1.09. The summed E-state index contributed by atoms with van der Waals surface area (Å²) in [4.78, 5) is 9.94. The molecule has 1 heterocycles. The lowest BCUT2D eigenvalue weighted by atomic mass is 10.2. The van der Waals surface area contributed by atoms with Gasteiger partial charge in [0.05, 0.1) is 8.07 Å². The number of hydrogen-bond donors (Lipinski definition) is 1. The Morgan fingerprint density at radius 2 is 2.00 bits per heavy atom. The van der Waals surface area contributed by atoms with Crippen molar-refractivity contribution in [3.05, 3.63) is 12.7 Å². The molecule has 112 valence electrons. The maximum absolute atomic E-state index is 11.3. The van der Waals surface area contributed by atoms with Gasteiger partial charge in [0.25, 0.3) is 0 Å². The first-order valence-corrected chi connectivity index (χ1v) is 9.85. The molecule has 1 amide bonds. The fourth-order valence-corrected chi connectivity index (χ4v) is 4.57. The van der Waals surface area contributed by atoms with E-state index in [1.54, 1.807) is 11.4 Å². The van der Waals surface area contributed by atoms with E-state index in [2.05, 4.69) is 26.6 Å². The molecule has 0 bridgehead atoms. The molecule has 2 nitrogen and oxygen atoms in total. The van der Waals surface area contributed by atoms with Crippen molar-refractivity contribution in [3.8, 4) is 0 Å². The van der Waals surface area contributed by atoms with Crippen LogP contribution in [0.15, 0.2) is 12.7 Å². The number of carbonyl (C=O) groups excluding carboxylic acids is 1. The van der Waals surface area contributed by atoms with Crippen LogP contribution in [0, 0.1) is 0 Å². The smallest absolute Gasteiger partial charge is 0.345 e. The van der Waals surface area contributed by atoms with E-state index in [-0.39, 0.29) is 6.54 Å². The largest absolute Gasteiger partial charge is 0.471 e. The summed E-state index contributed by atoms with van der Waals surface area (Å²) >= 11 is 0. The molecule has 1 saturated heterocycles. The molecule has 0 saturated carbocycles. The van der Waals surface area contributed by atoms with Crippen molar-refractivity contribution in [2.45, 2.75) is 57.0 Å². The van der Waals surface area contributed by atoms with Gasteiger partial charge in [-0.15, -0.1) is 6.58 Å². The van der Waals surface area contributed by atoms with Gasteiger partial charge < -0.3 is 5.32 Å². The second kappa shape index (κ2) is 7.72. The Bertz CT molecular complexity index is 303. The van der Waals surface area contributed by atoms with Crippen LogP contribution in [-0.4, -0.2) is 26.7 Å². The van der Waals surface area contributed by atoms with Crippen LogP contribution in [0.2, 0.25) is 24.7 Å². The van der Waals surface area contributed by atoms with E-state index in [0.717, 1.165) is 5.54 Å². The molecule has 1 aliphatic heterocycles. The number of alkyl halides is 3. The molecular formula is C13H24F3NOSi. The van der Waals surface area contributed by atoms with Crippen molar-refractivity contribution in [2.24, 2.45) is 0 Å². The van der Waals surface area contributed by atoms with E-state index in [9.17, 15) is 18.0 Å². The summed E-state index contributed by atoms with van der Waals surface area (Å²) < 4.78 is 34.0. The van der Waals surface area contributed by atoms with E-state index in [0.29, 0.717) is 0 Å². The Balaban J connectivity index is 0.000000342. The molecule has 1 rings (SSSR count). The van der Waals surface area contributed by atoms with Gasteiger partial charge in [0, 0.05) is 6.54 Å². The van der Waals surface area contributed by atoms with Gasteiger partial charge in [-0.05, 0) is 5.54 Å². The second-order valence-corrected chi connectivity index (χ2v) is 11.1. The van der Waals surface area contributed by atoms with Crippen LogP contribution < -0.4 is 5.32 Å². The van der Waals surface area contributed by atoms with Crippen molar-refractivity contribution in [2.75, 3.05) is 6.54 Å². The summed E-state index contributed by atoms with van der Waals surface area (Å²) in [6.45, 7) is 10.5. The monoisotopic (exact) mass is 295 g/mol. The molecule has 1 unspecified atom stereocenters. The Hall–Kier alpha value is -0.783. The van der Waals surface area contributed by atoms with Gasteiger partial charge in [-0.3, -0.25) is 4.79 Å². The molecule has 0 aromatic carbocycles. The van der Waals surface area contributed by atoms with E-state index < -0.39 is 20.2 Å². The molecule has 1 fully saturated rings. The molecule has 0 radical (unpaired) electrons. The van der Waals surface area contributed by atoms with Crippen LogP contribution in [-0.2, 0) is 4.79 Å². The number of hydrogen-bond acceptors (Lipinski definition) is 1. The third kappa shape index (κ3) is 7.40. The number of carbonyl (C=O) groups is 1. The van der Waals surface area contributed by atoms with Crippen molar-refractivity contribution < 1.29 is 18.0 Å². The predicted octanol–water partition coefficient (Wildman–Crippen LogP) is 4.12. The molecule has 1 N–H and O–H groups in total. The maximum Gasteiger partial charge on any atom is 0.471 e. The van der Waals surface area contributed by atoms with Crippen LogP contribution in [0.25, 0.3) is 0 Å². The second-order valence-electron chi connectivity index (χ2n) is 5.63. The number of amides is 1. The Morgan fingerprint density at radius 3 is 2.32 bits per heavy atom. The fourth-order valence-electron chi connectivity index (χ4n) is 1.93. The Kier molecular flexibility index (Phi) is 7.40. The lowest BCUT2D eigenvalue weighted by Gasteiger charge is -2.34. The first-order valence-electron chi connectivity index (χ1n) is 6.57. The quantitative estimate of drug-likeness (QED) is 0.602. The molecule has 6 heteroatoms. The van der Waals surface area contributed by atoms with E-state index in [1.165, 1.54) is 25.3 Å². The summed E-state index contributed by atoms with van der Waals surface area (Å²) in [7, 11) is -0.694. The third-order valence-electron chi connectivity index (χ3n) is 3.71. The zero-order valence-electron chi connectivity index (χ0n) is 11.9. The van der Waals surface area contributed by atoms with Gasteiger partial charge >= 0.3 is 12.1 Å². The summed E-state index contributed by atoms with van der Waals surface area (Å²) in [6, 6.07) is 1.58. The fraction of sp³-hybridized carbons (Fsp3) is 0.769. The van der Waals surface area contributed by atoms with Crippen LogP contribution in [0.1, 0.15) is 26.2 Å². The number of halogens is 3. The van der Waals surface area contributed by atoms with Crippen LogP contribution >= 0.6 is 0 Å². The summed E-state index contributed by atoms with van der Waals surface area (Å²) in [5.74, 6) is -1.94. The Labute approximate surface area is 114 Å². The number of rotatable bonds is 2. The first-order chi connectivity index (χ1) is 8.61. The van der Waals surface area contributed by atoms with Crippen molar-refractivity contribution in [1.29, 1.82) is 0 Å². The standard InChI is InChI=1S/C8H18Si.C5H6F3NO/c1-8-6-4-5-7-9(8,2)3;1-2-3-9-4(10)5(6,7)8/h8H,4-7H2,1-3H3;2H,1,3H2,(H,9,10). The van der Waals surface area contributed by atoms with Crippen molar-refractivity contribution in [1.82, 2.24) is 5.32 Å². The van der Waals surface area contributed by atoms with Gasteiger partial charge in [-0.1, -0.05) is 51.4 Å². The Morgan fingerprint density at radius 1 is 1.42 bits per heavy atom. The third-order valence-corrected chi connectivity index (χ3v) is 8.31. The molecule has 1 aliphatic rings. The van der Waals surface area contributed by atoms with E-state index in [1.807, 2.05) is 0 Å². The highest BCUT2D eigenvalue weighted by Gasteiger charge is 2.37. The minimum Gasteiger partial charge on any atom is -0.345 e.